The summed E-state index contributed by atoms with van der Waals surface area (Å²) in [6.07, 6.45) is 10.0. The van der Waals surface area contributed by atoms with Crippen LogP contribution in [0.2, 0.25) is 0 Å². The van der Waals surface area contributed by atoms with Gasteiger partial charge >= 0.3 is 5.97 Å². The van der Waals surface area contributed by atoms with Gasteiger partial charge in [-0.15, -0.1) is 0 Å². The number of benzene rings is 1. The first-order valence-electron chi connectivity index (χ1n) is 9.24. The van der Waals surface area contributed by atoms with Gasteiger partial charge in [-0.1, -0.05) is 37.5 Å². The minimum atomic E-state index is -0.365. The minimum Gasteiger partial charge on any atom is -0.456 e. The summed E-state index contributed by atoms with van der Waals surface area (Å²) in [5, 5.41) is 7.24. The Bertz CT molecular complexity index is 721. The molecule has 26 heavy (non-hydrogen) atoms. The summed E-state index contributed by atoms with van der Waals surface area (Å²) in [5.74, 6) is -0.571. The summed E-state index contributed by atoms with van der Waals surface area (Å²) in [6, 6.07) is 10.0. The van der Waals surface area contributed by atoms with Gasteiger partial charge in [0.25, 0.3) is 5.91 Å². The Balaban J connectivity index is 1.37. The second-order valence-corrected chi connectivity index (χ2v) is 6.69. The number of carbonyl (C=O) groups excluding carboxylic acids is 2. The minimum absolute atomic E-state index is 0.196. The molecule has 1 saturated carbocycles. The Labute approximate surface area is 153 Å². The molecule has 1 heterocycles. The second-order valence-electron chi connectivity index (χ2n) is 6.69. The van der Waals surface area contributed by atoms with E-state index >= 15 is 0 Å². The van der Waals surface area contributed by atoms with E-state index < -0.39 is 0 Å². The Morgan fingerprint density at radius 2 is 1.92 bits per heavy atom. The summed E-state index contributed by atoms with van der Waals surface area (Å²) >= 11 is 0. The number of amides is 1. The topological polar surface area (TPSA) is 73.2 Å². The number of nitrogens with one attached hydrogen (secondary N) is 1. The second kappa shape index (κ2) is 9.17. The number of para-hydroxylation sites is 1. The highest BCUT2D eigenvalue weighted by Gasteiger charge is 2.16. The van der Waals surface area contributed by atoms with Crippen LogP contribution in [0, 0.1) is 0 Å². The summed E-state index contributed by atoms with van der Waals surface area (Å²) in [4.78, 5) is 23.7. The van der Waals surface area contributed by atoms with E-state index in [-0.39, 0.29) is 30.9 Å². The van der Waals surface area contributed by atoms with Crippen LogP contribution in [0.25, 0.3) is 5.69 Å². The SMILES string of the molecule is O=C(COC(=O)CCc1cnn(-c2ccccc2)c1)NC1CCCCC1. The van der Waals surface area contributed by atoms with Crippen molar-refractivity contribution in [3.63, 3.8) is 0 Å². The molecule has 1 aromatic heterocycles. The number of hydrogen-bond donors (Lipinski definition) is 1. The predicted octanol–water partition coefficient (Wildman–Crippen LogP) is 2.80. The van der Waals surface area contributed by atoms with Gasteiger partial charge < -0.3 is 10.1 Å². The van der Waals surface area contributed by atoms with Gasteiger partial charge in [0.2, 0.25) is 0 Å². The molecule has 1 aliphatic carbocycles. The number of nitrogens with zero attached hydrogens (tertiary/aromatic N) is 2. The average Bonchev–Trinajstić information content (AvgIpc) is 3.15. The van der Waals surface area contributed by atoms with Crippen molar-refractivity contribution >= 4 is 11.9 Å². The zero-order valence-electron chi connectivity index (χ0n) is 14.9. The molecule has 0 saturated heterocycles. The predicted molar refractivity (Wildman–Crippen MR) is 97.9 cm³/mol. The number of aryl methyl sites for hydroxylation is 1. The lowest BCUT2D eigenvalue weighted by Gasteiger charge is -2.22. The number of aromatic nitrogens is 2. The normalized spacial score (nSPS) is 14.8. The molecule has 138 valence electrons. The zero-order chi connectivity index (χ0) is 18.2. The Kier molecular flexibility index (Phi) is 6.41. The first-order valence-corrected chi connectivity index (χ1v) is 9.24. The van der Waals surface area contributed by atoms with Crippen molar-refractivity contribution in [3.05, 3.63) is 48.3 Å². The van der Waals surface area contributed by atoms with E-state index in [1.54, 1.807) is 10.9 Å². The molecule has 1 aliphatic rings. The fraction of sp³-hybridized carbons (Fsp3) is 0.450. The van der Waals surface area contributed by atoms with Crippen LogP contribution in [0.3, 0.4) is 0 Å². The first-order chi connectivity index (χ1) is 12.7. The largest absolute Gasteiger partial charge is 0.456 e. The van der Waals surface area contributed by atoms with Crippen LogP contribution in [-0.2, 0) is 20.7 Å². The average molecular weight is 355 g/mol. The summed E-state index contributed by atoms with van der Waals surface area (Å²) in [6.45, 7) is -0.196. The molecule has 2 aromatic rings. The van der Waals surface area contributed by atoms with Crippen molar-refractivity contribution < 1.29 is 14.3 Å². The van der Waals surface area contributed by atoms with Gasteiger partial charge in [0.05, 0.1) is 11.9 Å². The standard InChI is InChI=1S/C20H25N3O3/c24-19(22-17-7-3-1-4-8-17)15-26-20(25)12-11-16-13-21-23(14-16)18-9-5-2-6-10-18/h2,5-6,9-10,13-14,17H,1,3-4,7-8,11-12,15H2,(H,22,24). The zero-order valence-corrected chi connectivity index (χ0v) is 14.9. The number of ether oxygens (including phenoxy) is 1. The Hall–Kier alpha value is -2.63. The van der Waals surface area contributed by atoms with E-state index in [4.69, 9.17) is 4.74 Å². The lowest BCUT2D eigenvalue weighted by atomic mass is 9.95. The summed E-state index contributed by atoms with van der Waals surface area (Å²) in [5.41, 5.74) is 1.93. The van der Waals surface area contributed by atoms with E-state index in [1.165, 1.54) is 6.42 Å². The third kappa shape index (κ3) is 5.44. The highest BCUT2D eigenvalue weighted by atomic mass is 16.5. The molecule has 0 unspecified atom stereocenters. The molecule has 0 bridgehead atoms. The van der Waals surface area contributed by atoms with Gasteiger partial charge in [-0.3, -0.25) is 9.59 Å². The van der Waals surface area contributed by atoms with E-state index in [0.717, 1.165) is 36.9 Å². The van der Waals surface area contributed by atoms with Crippen molar-refractivity contribution in [2.75, 3.05) is 6.61 Å². The molecular formula is C20H25N3O3. The van der Waals surface area contributed by atoms with Crippen LogP contribution < -0.4 is 5.32 Å². The van der Waals surface area contributed by atoms with Crippen LogP contribution >= 0.6 is 0 Å². The molecule has 1 amide bonds. The maximum absolute atomic E-state index is 11.9. The highest BCUT2D eigenvalue weighted by Crippen LogP contribution is 2.17. The van der Waals surface area contributed by atoms with Crippen LogP contribution in [-0.4, -0.2) is 34.3 Å². The third-order valence-corrected chi connectivity index (χ3v) is 4.61. The fourth-order valence-corrected chi connectivity index (χ4v) is 3.19. The van der Waals surface area contributed by atoms with Gasteiger partial charge in [-0.25, -0.2) is 4.68 Å². The molecular weight excluding hydrogens is 330 g/mol. The summed E-state index contributed by atoms with van der Waals surface area (Å²) in [7, 11) is 0. The van der Waals surface area contributed by atoms with Crippen LogP contribution in [0.1, 0.15) is 44.1 Å². The van der Waals surface area contributed by atoms with E-state index in [1.807, 2.05) is 36.5 Å². The van der Waals surface area contributed by atoms with Crippen LogP contribution in [0.15, 0.2) is 42.7 Å². The van der Waals surface area contributed by atoms with Crippen molar-refractivity contribution in [1.82, 2.24) is 15.1 Å². The number of carbonyl (C=O) groups is 2. The van der Waals surface area contributed by atoms with Gasteiger partial charge in [0.15, 0.2) is 6.61 Å². The maximum Gasteiger partial charge on any atom is 0.306 e. The van der Waals surface area contributed by atoms with Gasteiger partial charge in [-0.05, 0) is 37.0 Å². The Morgan fingerprint density at radius 1 is 1.15 bits per heavy atom. The van der Waals surface area contributed by atoms with Crippen molar-refractivity contribution in [3.8, 4) is 5.69 Å². The number of rotatable bonds is 7. The lowest BCUT2D eigenvalue weighted by Crippen LogP contribution is -2.38. The number of hydrogen-bond acceptors (Lipinski definition) is 4. The third-order valence-electron chi connectivity index (χ3n) is 4.61. The molecule has 0 aliphatic heterocycles. The molecule has 0 atom stereocenters. The van der Waals surface area contributed by atoms with Crippen molar-refractivity contribution in [2.24, 2.45) is 0 Å². The molecule has 1 fully saturated rings. The maximum atomic E-state index is 11.9. The molecule has 0 radical (unpaired) electrons. The van der Waals surface area contributed by atoms with E-state index in [0.29, 0.717) is 6.42 Å². The fourth-order valence-electron chi connectivity index (χ4n) is 3.19. The van der Waals surface area contributed by atoms with E-state index in [9.17, 15) is 9.59 Å². The monoisotopic (exact) mass is 355 g/mol. The first kappa shape index (κ1) is 18.2. The molecule has 1 aromatic carbocycles. The van der Waals surface area contributed by atoms with Crippen molar-refractivity contribution in [1.29, 1.82) is 0 Å². The molecule has 3 rings (SSSR count). The smallest absolute Gasteiger partial charge is 0.306 e. The molecule has 6 heteroatoms. The molecule has 1 N–H and O–H groups in total. The summed E-state index contributed by atoms with van der Waals surface area (Å²) < 4.78 is 6.86. The Morgan fingerprint density at radius 3 is 2.69 bits per heavy atom. The van der Waals surface area contributed by atoms with Gasteiger partial charge in [-0.2, -0.15) is 5.10 Å². The van der Waals surface area contributed by atoms with Crippen molar-refractivity contribution in [2.45, 2.75) is 51.0 Å². The van der Waals surface area contributed by atoms with Gasteiger partial charge in [0.1, 0.15) is 0 Å². The van der Waals surface area contributed by atoms with Crippen LogP contribution in [0.4, 0.5) is 0 Å². The number of esters is 1. The van der Waals surface area contributed by atoms with E-state index in [2.05, 4.69) is 10.4 Å². The highest BCUT2D eigenvalue weighted by molar-refractivity contribution is 5.80. The van der Waals surface area contributed by atoms with Gasteiger partial charge in [0, 0.05) is 18.7 Å². The van der Waals surface area contributed by atoms with Crippen LogP contribution in [0.5, 0.6) is 0 Å². The molecule has 0 spiro atoms. The lowest BCUT2D eigenvalue weighted by molar-refractivity contribution is -0.148. The quantitative estimate of drug-likeness (QED) is 0.775. The molecule has 6 nitrogen and oxygen atoms in total.